The SMILES string of the molecule is Nc1nc(NCCCO)[nH]c(=O)c1N. The van der Waals surface area contributed by atoms with Gasteiger partial charge in [0, 0.05) is 13.2 Å². The van der Waals surface area contributed by atoms with E-state index in [4.69, 9.17) is 16.6 Å². The molecule has 0 saturated heterocycles. The van der Waals surface area contributed by atoms with Crippen LogP contribution >= 0.6 is 0 Å². The van der Waals surface area contributed by atoms with Crippen LogP contribution in [0.1, 0.15) is 6.42 Å². The number of aliphatic hydroxyl groups excluding tert-OH is 1. The van der Waals surface area contributed by atoms with Crippen LogP contribution in [0, 0.1) is 0 Å². The van der Waals surface area contributed by atoms with Crippen LogP contribution < -0.4 is 22.3 Å². The summed E-state index contributed by atoms with van der Waals surface area (Å²) < 4.78 is 0. The Morgan fingerprint density at radius 1 is 1.50 bits per heavy atom. The van der Waals surface area contributed by atoms with Crippen molar-refractivity contribution in [3.8, 4) is 0 Å². The topological polar surface area (TPSA) is 130 Å². The second kappa shape index (κ2) is 4.47. The van der Waals surface area contributed by atoms with Crippen LogP contribution in [0.5, 0.6) is 0 Å². The van der Waals surface area contributed by atoms with Crippen LogP contribution in [0.2, 0.25) is 0 Å². The van der Waals surface area contributed by atoms with Gasteiger partial charge in [-0.3, -0.25) is 9.78 Å². The Labute approximate surface area is 80.2 Å². The van der Waals surface area contributed by atoms with E-state index in [1.165, 1.54) is 0 Å². The fourth-order valence-electron chi connectivity index (χ4n) is 0.869. The zero-order valence-electron chi connectivity index (χ0n) is 7.58. The number of hydrogen-bond donors (Lipinski definition) is 5. The highest BCUT2D eigenvalue weighted by Gasteiger charge is 2.03. The number of rotatable bonds is 4. The fourth-order valence-corrected chi connectivity index (χ4v) is 0.869. The summed E-state index contributed by atoms with van der Waals surface area (Å²) >= 11 is 0. The molecule has 0 amide bonds. The predicted octanol–water partition coefficient (Wildman–Crippen LogP) is -1.27. The van der Waals surface area contributed by atoms with Gasteiger partial charge in [-0.05, 0) is 6.42 Å². The summed E-state index contributed by atoms with van der Waals surface area (Å²) in [5.41, 5.74) is 10.1. The van der Waals surface area contributed by atoms with Crippen molar-refractivity contribution < 1.29 is 5.11 Å². The average Bonchev–Trinajstić information content (AvgIpc) is 2.14. The lowest BCUT2D eigenvalue weighted by Gasteiger charge is -2.05. The Bertz CT molecular complexity index is 362. The molecule has 0 bridgehead atoms. The maximum Gasteiger partial charge on any atom is 0.277 e. The van der Waals surface area contributed by atoms with Crippen molar-refractivity contribution >= 4 is 17.5 Å². The summed E-state index contributed by atoms with van der Waals surface area (Å²) in [6.45, 7) is 0.574. The molecule has 1 rings (SSSR count). The van der Waals surface area contributed by atoms with Crippen molar-refractivity contribution in [3.05, 3.63) is 10.4 Å². The maximum atomic E-state index is 11.1. The summed E-state index contributed by atoms with van der Waals surface area (Å²) in [4.78, 5) is 17.3. The van der Waals surface area contributed by atoms with Gasteiger partial charge in [-0.1, -0.05) is 0 Å². The van der Waals surface area contributed by atoms with E-state index in [-0.39, 0.29) is 24.1 Å². The van der Waals surface area contributed by atoms with Crippen molar-refractivity contribution in [1.82, 2.24) is 9.97 Å². The minimum atomic E-state index is -0.469. The lowest BCUT2D eigenvalue weighted by atomic mass is 10.4. The predicted molar refractivity (Wildman–Crippen MR) is 53.9 cm³/mol. The molecular formula is C7H13N5O2. The number of H-pyrrole nitrogens is 1. The number of aliphatic hydroxyl groups is 1. The highest BCUT2D eigenvalue weighted by Crippen LogP contribution is 2.05. The molecule has 0 unspecified atom stereocenters. The Morgan fingerprint density at radius 2 is 2.21 bits per heavy atom. The first-order chi connectivity index (χ1) is 6.65. The first kappa shape index (κ1) is 10.3. The van der Waals surface area contributed by atoms with Crippen LogP contribution in [0.15, 0.2) is 4.79 Å². The first-order valence-electron chi connectivity index (χ1n) is 4.15. The molecular weight excluding hydrogens is 186 g/mol. The van der Waals surface area contributed by atoms with Crippen LogP contribution in [0.4, 0.5) is 17.5 Å². The molecule has 14 heavy (non-hydrogen) atoms. The Hall–Kier alpha value is -1.76. The van der Waals surface area contributed by atoms with Crippen LogP contribution in [-0.2, 0) is 0 Å². The molecule has 0 aliphatic carbocycles. The molecule has 78 valence electrons. The van der Waals surface area contributed by atoms with Gasteiger partial charge >= 0.3 is 0 Å². The summed E-state index contributed by atoms with van der Waals surface area (Å²) in [5, 5.41) is 11.3. The number of aromatic nitrogens is 2. The summed E-state index contributed by atoms with van der Waals surface area (Å²) in [6, 6.07) is 0. The smallest absolute Gasteiger partial charge is 0.277 e. The highest BCUT2D eigenvalue weighted by molar-refractivity contribution is 5.58. The number of aromatic amines is 1. The van der Waals surface area contributed by atoms with Gasteiger partial charge in [-0.15, -0.1) is 0 Å². The molecule has 0 spiro atoms. The van der Waals surface area contributed by atoms with E-state index in [2.05, 4.69) is 15.3 Å². The summed E-state index contributed by atoms with van der Waals surface area (Å²) in [6.07, 6.45) is 0.563. The highest BCUT2D eigenvalue weighted by atomic mass is 16.3. The zero-order valence-corrected chi connectivity index (χ0v) is 7.58. The maximum absolute atomic E-state index is 11.1. The van der Waals surface area contributed by atoms with Crippen LogP contribution in [0.25, 0.3) is 0 Å². The largest absolute Gasteiger partial charge is 0.396 e. The van der Waals surface area contributed by atoms with Crippen molar-refractivity contribution in [1.29, 1.82) is 0 Å². The molecule has 7 heteroatoms. The molecule has 7 N–H and O–H groups in total. The standard InChI is InChI=1S/C7H13N5O2/c8-4-5(9)11-7(12-6(4)14)10-2-1-3-13/h13H,1-3,8H2,(H4,9,10,11,12,14). The average molecular weight is 199 g/mol. The molecule has 0 radical (unpaired) electrons. The number of hydrogen-bond acceptors (Lipinski definition) is 6. The number of nitrogen functional groups attached to an aromatic ring is 2. The Balaban J connectivity index is 2.75. The van der Waals surface area contributed by atoms with E-state index in [0.29, 0.717) is 13.0 Å². The molecule has 1 aromatic rings. The molecule has 0 fully saturated rings. The summed E-state index contributed by atoms with van der Waals surface area (Å²) in [7, 11) is 0. The van der Waals surface area contributed by atoms with E-state index in [0.717, 1.165) is 0 Å². The van der Waals surface area contributed by atoms with Crippen LogP contribution in [-0.4, -0.2) is 28.2 Å². The van der Waals surface area contributed by atoms with Gasteiger partial charge in [0.1, 0.15) is 5.69 Å². The second-order valence-corrected chi connectivity index (χ2v) is 2.72. The molecule has 1 heterocycles. The monoisotopic (exact) mass is 199 g/mol. The van der Waals surface area contributed by atoms with Gasteiger partial charge in [0.2, 0.25) is 5.95 Å². The minimum Gasteiger partial charge on any atom is -0.396 e. The molecule has 7 nitrogen and oxygen atoms in total. The van der Waals surface area contributed by atoms with Crippen molar-refractivity contribution in [3.63, 3.8) is 0 Å². The van der Waals surface area contributed by atoms with E-state index in [1.807, 2.05) is 0 Å². The minimum absolute atomic E-state index is 0.000230. The number of nitrogens with one attached hydrogen (secondary N) is 2. The number of nitrogens with two attached hydrogens (primary N) is 2. The number of anilines is 3. The van der Waals surface area contributed by atoms with E-state index in [9.17, 15) is 4.79 Å². The van der Waals surface area contributed by atoms with Gasteiger partial charge in [0.15, 0.2) is 5.82 Å². The third-order valence-electron chi connectivity index (χ3n) is 1.61. The van der Waals surface area contributed by atoms with E-state index in [1.54, 1.807) is 0 Å². The van der Waals surface area contributed by atoms with E-state index >= 15 is 0 Å². The molecule has 0 aliphatic heterocycles. The lowest BCUT2D eigenvalue weighted by molar-refractivity contribution is 0.292. The van der Waals surface area contributed by atoms with E-state index < -0.39 is 5.56 Å². The third kappa shape index (κ3) is 2.36. The number of nitrogens with zero attached hydrogens (tertiary/aromatic N) is 1. The van der Waals surface area contributed by atoms with Crippen LogP contribution in [0.3, 0.4) is 0 Å². The molecule has 0 saturated carbocycles. The van der Waals surface area contributed by atoms with Crippen molar-refractivity contribution in [2.45, 2.75) is 6.42 Å². The van der Waals surface area contributed by atoms with Gasteiger partial charge in [0.25, 0.3) is 5.56 Å². The van der Waals surface area contributed by atoms with Crippen molar-refractivity contribution in [2.24, 2.45) is 0 Å². The van der Waals surface area contributed by atoms with Gasteiger partial charge in [-0.25, -0.2) is 0 Å². The Kier molecular flexibility index (Phi) is 3.29. The first-order valence-corrected chi connectivity index (χ1v) is 4.15. The molecule has 0 atom stereocenters. The third-order valence-corrected chi connectivity index (χ3v) is 1.61. The molecule has 1 aromatic heterocycles. The van der Waals surface area contributed by atoms with Gasteiger partial charge in [-0.2, -0.15) is 4.98 Å². The van der Waals surface area contributed by atoms with Crippen molar-refractivity contribution in [2.75, 3.05) is 29.9 Å². The fraction of sp³-hybridized carbons (Fsp3) is 0.429. The van der Waals surface area contributed by atoms with Gasteiger partial charge < -0.3 is 21.9 Å². The zero-order chi connectivity index (χ0) is 10.6. The van der Waals surface area contributed by atoms with Gasteiger partial charge in [0.05, 0.1) is 0 Å². The lowest BCUT2D eigenvalue weighted by Crippen LogP contribution is -2.19. The normalized spacial score (nSPS) is 10.1. The second-order valence-electron chi connectivity index (χ2n) is 2.72. The summed E-state index contributed by atoms with van der Waals surface area (Å²) in [5.74, 6) is 0.260. The molecule has 0 aromatic carbocycles. The molecule has 0 aliphatic rings. The Morgan fingerprint density at radius 3 is 2.79 bits per heavy atom. The quantitative estimate of drug-likeness (QED) is 0.384.